The molecule has 1 N–H and O–H groups in total. The Hall–Kier alpha value is -1.41. The summed E-state index contributed by atoms with van der Waals surface area (Å²) in [4.78, 5) is 22.5. The highest BCUT2D eigenvalue weighted by Gasteiger charge is 2.21. The molecule has 1 saturated heterocycles. The second kappa shape index (κ2) is 9.50. The Bertz CT molecular complexity index is 710. The molecule has 1 amide bonds. The number of piperazine rings is 1. The molecule has 0 spiro atoms. The van der Waals surface area contributed by atoms with Crippen molar-refractivity contribution < 1.29 is 9.90 Å². The zero-order valence-electron chi connectivity index (χ0n) is 15.1. The average molecular weight is 392 g/mol. The lowest BCUT2D eigenvalue weighted by Crippen LogP contribution is -2.48. The number of aryl methyl sites for hydroxylation is 1. The standard InChI is InChI=1S/C19H25N3O2S2/c1-15-20-17(13-25-15)14-26-18-5-3-16(4-6-18)19(24)22-10-8-21(9-11-22)7-2-12-23/h3-6,13,23H,2,7-12,14H2,1H3. The van der Waals surface area contributed by atoms with E-state index in [1.54, 1.807) is 23.1 Å². The molecule has 0 saturated carbocycles. The molecule has 1 aliphatic heterocycles. The number of aromatic nitrogens is 1. The van der Waals surface area contributed by atoms with E-state index in [4.69, 9.17) is 5.11 Å². The number of benzene rings is 1. The van der Waals surface area contributed by atoms with Gasteiger partial charge in [-0.1, -0.05) is 0 Å². The van der Waals surface area contributed by atoms with Crippen molar-refractivity contribution in [1.29, 1.82) is 0 Å². The van der Waals surface area contributed by atoms with Gasteiger partial charge in [0, 0.05) is 60.9 Å². The van der Waals surface area contributed by atoms with Crippen LogP contribution in [0.25, 0.3) is 0 Å². The van der Waals surface area contributed by atoms with Gasteiger partial charge in [0.15, 0.2) is 0 Å². The minimum atomic E-state index is 0.110. The Balaban J connectivity index is 1.49. The number of amides is 1. The van der Waals surface area contributed by atoms with Crippen molar-refractivity contribution in [2.24, 2.45) is 0 Å². The predicted octanol–water partition coefficient (Wildman–Crippen LogP) is 2.88. The Morgan fingerprint density at radius 2 is 1.96 bits per heavy atom. The van der Waals surface area contributed by atoms with Crippen molar-refractivity contribution in [2.45, 2.75) is 24.0 Å². The second-order valence-electron chi connectivity index (χ2n) is 6.38. The number of aliphatic hydroxyl groups excluding tert-OH is 1. The Morgan fingerprint density at radius 1 is 1.23 bits per heavy atom. The molecule has 1 aromatic heterocycles. The van der Waals surface area contributed by atoms with E-state index in [0.717, 1.165) is 66.1 Å². The molecule has 1 aromatic carbocycles. The van der Waals surface area contributed by atoms with Gasteiger partial charge >= 0.3 is 0 Å². The lowest BCUT2D eigenvalue weighted by Gasteiger charge is -2.34. The number of thioether (sulfide) groups is 1. The smallest absolute Gasteiger partial charge is 0.253 e. The summed E-state index contributed by atoms with van der Waals surface area (Å²) in [6.07, 6.45) is 0.799. The number of thiazole rings is 1. The van der Waals surface area contributed by atoms with Gasteiger partial charge in [0.2, 0.25) is 0 Å². The van der Waals surface area contributed by atoms with Crippen molar-refractivity contribution in [3.05, 3.63) is 45.9 Å². The van der Waals surface area contributed by atoms with Crippen molar-refractivity contribution in [2.75, 3.05) is 39.3 Å². The molecule has 0 unspecified atom stereocenters. The van der Waals surface area contributed by atoms with Gasteiger partial charge < -0.3 is 10.0 Å². The molecule has 0 radical (unpaired) electrons. The van der Waals surface area contributed by atoms with Gasteiger partial charge in [-0.15, -0.1) is 23.1 Å². The van der Waals surface area contributed by atoms with E-state index in [2.05, 4.69) is 15.3 Å². The molecule has 7 heteroatoms. The number of rotatable bonds is 7. The van der Waals surface area contributed by atoms with E-state index in [-0.39, 0.29) is 12.5 Å². The van der Waals surface area contributed by atoms with Gasteiger partial charge in [0.1, 0.15) is 0 Å². The summed E-state index contributed by atoms with van der Waals surface area (Å²) in [5, 5.41) is 12.1. The van der Waals surface area contributed by atoms with Crippen LogP contribution in [0.3, 0.4) is 0 Å². The minimum absolute atomic E-state index is 0.110. The van der Waals surface area contributed by atoms with Crippen molar-refractivity contribution in [3.63, 3.8) is 0 Å². The Kier molecular flexibility index (Phi) is 7.07. The van der Waals surface area contributed by atoms with Crippen molar-refractivity contribution in [3.8, 4) is 0 Å². The first-order chi connectivity index (χ1) is 12.7. The fourth-order valence-electron chi connectivity index (χ4n) is 2.98. The summed E-state index contributed by atoms with van der Waals surface area (Å²) in [7, 11) is 0. The summed E-state index contributed by atoms with van der Waals surface area (Å²) < 4.78 is 0. The molecule has 26 heavy (non-hydrogen) atoms. The highest BCUT2D eigenvalue weighted by Crippen LogP contribution is 2.24. The number of carbonyl (C=O) groups is 1. The van der Waals surface area contributed by atoms with Gasteiger partial charge in [0.05, 0.1) is 10.7 Å². The van der Waals surface area contributed by atoms with Crippen LogP contribution >= 0.6 is 23.1 Å². The molecule has 1 fully saturated rings. The van der Waals surface area contributed by atoms with Crippen LogP contribution in [-0.2, 0) is 5.75 Å². The fraction of sp³-hybridized carbons (Fsp3) is 0.474. The van der Waals surface area contributed by atoms with Crippen LogP contribution in [0, 0.1) is 6.92 Å². The van der Waals surface area contributed by atoms with E-state index < -0.39 is 0 Å². The van der Waals surface area contributed by atoms with Crippen molar-refractivity contribution in [1.82, 2.24) is 14.8 Å². The van der Waals surface area contributed by atoms with E-state index in [1.807, 2.05) is 36.1 Å². The van der Waals surface area contributed by atoms with E-state index in [0.29, 0.717) is 0 Å². The van der Waals surface area contributed by atoms with E-state index in [1.165, 1.54) is 0 Å². The molecular formula is C19H25N3O2S2. The zero-order valence-corrected chi connectivity index (χ0v) is 16.7. The summed E-state index contributed by atoms with van der Waals surface area (Å²) >= 11 is 3.42. The van der Waals surface area contributed by atoms with Gasteiger partial charge in [-0.25, -0.2) is 4.98 Å². The topological polar surface area (TPSA) is 56.7 Å². The maximum absolute atomic E-state index is 12.7. The molecule has 2 heterocycles. The monoisotopic (exact) mass is 391 g/mol. The number of nitrogens with zero attached hydrogens (tertiary/aromatic N) is 3. The van der Waals surface area contributed by atoms with Crippen LogP contribution in [0.5, 0.6) is 0 Å². The zero-order chi connectivity index (χ0) is 18.4. The summed E-state index contributed by atoms with van der Waals surface area (Å²) in [6.45, 7) is 6.42. The molecule has 2 aromatic rings. The average Bonchev–Trinajstić information content (AvgIpc) is 3.10. The molecule has 3 rings (SSSR count). The lowest BCUT2D eigenvalue weighted by atomic mass is 10.2. The van der Waals surface area contributed by atoms with Gasteiger partial charge in [0.25, 0.3) is 5.91 Å². The molecule has 0 bridgehead atoms. The van der Waals surface area contributed by atoms with Crippen LogP contribution in [0.15, 0.2) is 34.5 Å². The quantitative estimate of drug-likeness (QED) is 0.736. The van der Waals surface area contributed by atoms with Crippen LogP contribution in [0.2, 0.25) is 0 Å². The summed E-state index contributed by atoms with van der Waals surface area (Å²) in [5.41, 5.74) is 1.86. The summed E-state index contributed by atoms with van der Waals surface area (Å²) in [6, 6.07) is 7.90. The number of aliphatic hydroxyl groups is 1. The maximum atomic E-state index is 12.7. The molecule has 140 valence electrons. The first-order valence-electron chi connectivity index (χ1n) is 8.92. The lowest BCUT2D eigenvalue weighted by molar-refractivity contribution is 0.0629. The first-order valence-corrected chi connectivity index (χ1v) is 10.8. The fourth-order valence-corrected chi connectivity index (χ4v) is 4.49. The van der Waals surface area contributed by atoms with Crippen LogP contribution in [-0.4, -0.2) is 65.1 Å². The maximum Gasteiger partial charge on any atom is 0.253 e. The highest BCUT2D eigenvalue weighted by atomic mass is 32.2. The van der Waals surface area contributed by atoms with E-state index >= 15 is 0 Å². The Labute approximate surface area is 163 Å². The second-order valence-corrected chi connectivity index (χ2v) is 8.49. The SMILES string of the molecule is Cc1nc(CSc2ccc(C(=O)N3CCN(CCCO)CC3)cc2)cs1. The normalized spacial score (nSPS) is 15.4. The number of hydrogen-bond donors (Lipinski definition) is 1. The number of hydrogen-bond acceptors (Lipinski definition) is 6. The van der Waals surface area contributed by atoms with Gasteiger partial charge in [-0.2, -0.15) is 0 Å². The third-order valence-corrected chi connectivity index (χ3v) is 6.31. The van der Waals surface area contributed by atoms with E-state index in [9.17, 15) is 4.79 Å². The number of carbonyl (C=O) groups excluding carboxylic acids is 1. The van der Waals surface area contributed by atoms with Gasteiger partial charge in [-0.05, 0) is 37.6 Å². The first kappa shape index (κ1) is 19.4. The van der Waals surface area contributed by atoms with Crippen LogP contribution in [0.4, 0.5) is 0 Å². The van der Waals surface area contributed by atoms with Crippen LogP contribution in [0.1, 0.15) is 27.5 Å². The molecule has 1 aliphatic rings. The molecule has 5 nitrogen and oxygen atoms in total. The van der Waals surface area contributed by atoms with Crippen LogP contribution < -0.4 is 0 Å². The third kappa shape index (κ3) is 5.30. The third-order valence-electron chi connectivity index (χ3n) is 4.45. The van der Waals surface area contributed by atoms with Crippen molar-refractivity contribution >= 4 is 29.0 Å². The molecule has 0 aliphatic carbocycles. The molecule has 0 atom stereocenters. The summed E-state index contributed by atoms with van der Waals surface area (Å²) in [5.74, 6) is 0.964. The highest BCUT2D eigenvalue weighted by molar-refractivity contribution is 7.98. The molecular weight excluding hydrogens is 366 g/mol. The van der Waals surface area contributed by atoms with Gasteiger partial charge in [-0.3, -0.25) is 9.69 Å². The Morgan fingerprint density at radius 3 is 2.58 bits per heavy atom. The predicted molar refractivity (Wildman–Crippen MR) is 107 cm³/mol. The minimum Gasteiger partial charge on any atom is -0.396 e. The largest absolute Gasteiger partial charge is 0.396 e.